The summed E-state index contributed by atoms with van der Waals surface area (Å²) in [4.78, 5) is 23.9. The van der Waals surface area contributed by atoms with Gasteiger partial charge in [-0.25, -0.2) is 9.59 Å². The lowest BCUT2D eigenvalue weighted by molar-refractivity contribution is 0.0686. The van der Waals surface area contributed by atoms with E-state index in [2.05, 4.69) is 26.8 Å². The Balaban J connectivity index is 2.54. The van der Waals surface area contributed by atoms with Gasteiger partial charge < -0.3 is 10.2 Å². The molecule has 0 fully saturated rings. The molecule has 0 aliphatic rings. The van der Waals surface area contributed by atoms with E-state index in [1.807, 2.05) is 19.9 Å². The van der Waals surface area contributed by atoms with E-state index < -0.39 is 11.9 Å². The lowest BCUT2D eigenvalue weighted by Gasteiger charge is -2.28. The topological polar surface area (TPSA) is 74.6 Å². The molecule has 4 heteroatoms. The summed E-state index contributed by atoms with van der Waals surface area (Å²) >= 11 is 0. The van der Waals surface area contributed by atoms with Gasteiger partial charge in [-0.2, -0.15) is 0 Å². The van der Waals surface area contributed by atoms with Gasteiger partial charge in [0.2, 0.25) is 0 Å². The first-order valence-electron chi connectivity index (χ1n) is 9.84. The highest BCUT2D eigenvalue weighted by atomic mass is 16.4. The number of carbonyl (C=O) groups is 2. The summed E-state index contributed by atoms with van der Waals surface area (Å²) in [5, 5.41) is 19.6. The molecule has 0 saturated heterocycles. The van der Waals surface area contributed by atoms with Gasteiger partial charge in [0.25, 0.3) is 0 Å². The largest absolute Gasteiger partial charge is 0.478 e. The van der Waals surface area contributed by atoms with Crippen LogP contribution in [0.5, 0.6) is 0 Å². The van der Waals surface area contributed by atoms with E-state index in [0.717, 1.165) is 27.8 Å². The Morgan fingerprint density at radius 2 is 1.17 bits per heavy atom. The van der Waals surface area contributed by atoms with E-state index in [1.165, 1.54) is 0 Å². The summed E-state index contributed by atoms with van der Waals surface area (Å²) in [5.41, 5.74) is 5.90. The van der Waals surface area contributed by atoms with Crippen LogP contribution in [0.2, 0.25) is 0 Å². The van der Waals surface area contributed by atoms with Crippen LogP contribution in [0.15, 0.2) is 54.6 Å². The van der Waals surface area contributed by atoms with Gasteiger partial charge in [0.1, 0.15) is 0 Å². The van der Waals surface area contributed by atoms with E-state index in [1.54, 1.807) is 42.5 Å². The number of rotatable bonds is 4. The molecule has 30 heavy (non-hydrogen) atoms. The molecule has 0 radical (unpaired) electrons. The van der Waals surface area contributed by atoms with Crippen molar-refractivity contribution in [3.63, 3.8) is 0 Å². The van der Waals surface area contributed by atoms with E-state index in [-0.39, 0.29) is 16.5 Å². The molecule has 154 valence electrons. The minimum absolute atomic E-state index is 0.160. The first-order chi connectivity index (χ1) is 14.0. The summed E-state index contributed by atoms with van der Waals surface area (Å²) in [7, 11) is 0. The van der Waals surface area contributed by atoms with Gasteiger partial charge in [-0.15, -0.1) is 0 Å². The summed E-state index contributed by atoms with van der Waals surface area (Å²) in [5.74, 6) is -2.03. The van der Waals surface area contributed by atoms with Crippen molar-refractivity contribution in [2.45, 2.75) is 40.0 Å². The molecule has 3 aromatic rings. The van der Waals surface area contributed by atoms with E-state index in [0.29, 0.717) is 11.1 Å². The molecule has 0 saturated carbocycles. The number of carboxylic acids is 2. The van der Waals surface area contributed by atoms with Crippen molar-refractivity contribution < 1.29 is 19.8 Å². The smallest absolute Gasteiger partial charge is 0.336 e. The Labute approximate surface area is 176 Å². The average Bonchev–Trinajstić information content (AvgIpc) is 2.68. The van der Waals surface area contributed by atoms with Gasteiger partial charge in [0.05, 0.1) is 11.1 Å². The quantitative estimate of drug-likeness (QED) is 0.535. The molecule has 0 aromatic heterocycles. The van der Waals surface area contributed by atoms with Crippen LogP contribution in [-0.4, -0.2) is 22.2 Å². The van der Waals surface area contributed by atoms with Crippen molar-refractivity contribution in [2.24, 2.45) is 0 Å². The lowest BCUT2D eigenvalue weighted by Crippen LogP contribution is -2.15. The van der Waals surface area contributed by atoms with Crippen molar-refractivity contribution in [3.05, 3.63) is 82.4 Å². The molecule has 3 aromatic carbocycles. The van der Waals surface area contributed by atoms with Crippen molar-refractivity contribution in [1.82, 2.24) is 0 Å². The maximum atomic E-state index is 12.0. The van der Waals surface area contributed by atoms with Gasteiger partial charge in [0, 0.05) is 0 Å². The van der Waals surface area contributed by atoms with Gasteiger partial charge in [-0.3, -0.25) is 0 Å². The van der Waals surface area contributed by atoms with Crippen LogP contribution in [0.1, 0.15) is 58.2 Å². The Bertz CT molecular complexity index is 1150. The third kappa shape index (κ3) is 3.73. The monoisotopic (exact) mass is 402 g/mol. The normalized spacial score (nSPS) is 11.4. The number of aryl methyl sites for hydroxylation is 1. The van der Waals surface area contributed by atoms with Crippen LogP contribution < -0.4 is 0 Å². The highest BCUT2D eigenvalue weighted by molar-refractivity contribution is 6.04. The fraction of sp³-hybridized carbons (Fsp3) is 0.231. The average molecular weight is 402 g/mol. The second-order valence-corrected chi connectivity index (χ2v) is 8.57. The molecular formula is C26H26O4. The van der Waals surface area contributed by atoms with Gasteiger partial charge >= 0.3 is 11.9 Å². The second-order valence-electron chi connectivity index (χ2n) is 8.57. The van der Waals surface area contributed by atoms with E-state index >= 15 is 0 Å². The van der Waals surface area contributed by atoms with Gasteiger partial charge in [-0.05, 0) is 70.3 Å². The summed E-state index contributed by atoms with van der Waals surface area (Å²) < 4.78 is 0. The van der Waals surface area contributed by atoms with Crippen molar-refractivity contribution in [1.29, 1.82) is 0 Å². The fourth-order valence-electron chi connectivity index (χ4n) is 4.15. The second kappa shape index (κ2) is 7.79. The molecule has 3 rings (SSSR count). The zero-order valence-electron chi connectivity index (χ0n) is 17.9. The minimum atomic E-state index is -1.01. The van der Waals surface area contributed by atoms with Crippen LogP contribution >= 0.6 is 0 Å². The standard InChI is InChI=1S/C26H26O4/c1-15-14-21(26(3,4)5)16(2)23(18-11-7-9-13-20(18)25(29)30)22(15)17-10-6-8-12-19(17)24(27)28/h6-14H,1-5H3,(H,27,28)(H,29,30). The first-order valence-corrected chi connectivity index (χ1v) is 9.84. The predicted octanol–water partition coefficient (Wildman–Crippen LogP) is 6.33. The zero-order valence-corrected chi connectivity index (χ0v) is 17.9. The molecule has 0 aliphatic carbocycles. The first kappa shape index (κ1) is 21.3. The van der Waals surface area contributed by atoms with E-state index in [9.17, 15) is 19.8 Å². The molecule has 2 N–H and O–H groups in total. The molecule has 0 heterocycles. The van der Waals surface area contributed by atoms with Crippen molar-refractivity contribution in [3.8, 4) is 22.3 Å². The van der Waals surface area contributed by atoms with E-state index in [4.69, 9.17) is 0 Å². The van der Waals surface area contributed by atoms with Crippen LogP contribution in [0.25, 0.3) is 22.3 Å². The van der Waals surface area contributed by atoms with Crippen LogP contribution in [0.3, 0.4) is 0 Å². The molecule has 0 atom stereocenters. The third-order valence-corrected chi connectivity index (χ3v) is 5.45. The maximum absolute atomic E-state index is 12.0. The Morgan fingerprint density at radius 3 is 1.60 bits per heavy atom. The van der Waals surface area contributed by atoms with Gasteiger partial charge in [-0.1, -0.05) is 63.2 Å². The SMILES string of the molecule is Cc1cc(C(C)(C)C)c(C)c(-c2ccccc2C(=O)O)c1-c1ccccc1C(=O)O. The summed E-state index contributed by atoms with van der Waals surface area (Å²) in [6.07, 6.45) is 0. The number of aromatic carboxylic acids is 2. The van der Waals surface area contributed by atoms with Crippen LogP contribution in [-0.2, 0) is 5.41 Å². The maximum Gasteiger partial charge on any atom is 0.336 e. The molecule has 0 bridgehead atoms. The van der Waals surface area contributed by atoms with Crippen LogP contribution in [0, 0.1) is 13.8 Å². The summed E-state index contributed by atoms with van der Waals surface area (Å²) in [6, 6.07) is 15.9. The number of hydrogen-bond acceptors (Lipinski definition) is 2. The third-order valence-electron chi connectivity index (χ3n) is 5.45. The molecular weight excluding hydrogens is 376 g/mol. The lowest BCUT2D eigenvalue weighted by atomic mass is 9.76. The highest BCUT2D eigenvalue weighted by Gasteiger charge is 2.26. The molecule has 0 spiro atoms. The van der Waals surface area contributed by atoms with Crippen molar-refractivity contribution in [2.75, 3.05) is 0 Å². The molecule has 4 nitrogen and oxygen atoms in total. The summed E-state index contributed by atoms with van der Waals surface area (Å²) in [6.45, 7) is 10.3. The molecule has 0 aliphatic heterocycles. The Hall–Kier alpha value is -3.40. The minimum Gasteiger partial charge on any atom is -0.478 e. The highest BCUT2D eigenvalue weighted by Crippen LogP contribution is 2.44. The molecule has 0 amide bonds. The zero-order chi connectivity index (χ0) is 22.2. The predicted molar refractivity (Wildman–Crippen MR) is 119 cm³/mol. The number of carboxylic acid groups (broad SMARTS) is 2. The Morgan fingerprint density at radius 1 is 0.733 bits per heavy atom. The molecule has 0 unspecified atom stereocenters. The fourth-order valence-corrected chi connectivity index (χ4v) is 4.15. The van der Waals surface area contributed by atoms with Crippen LogP contribution in [0.4, 0.5) is 0 Å². The number of hydrogen-bond donors (Lipinski definition) is 2. The number of benzene rings is 3. The Kier molecular flexibility index (Phi) is 5.53. The van der Waals surface area contributed by atoms with Crippen molar-refractivity contribution >= 4 is 11.9 Å². The van der Waals surface area contributed by atoms with Gasteiger partial charge in [0.15, 0.2) is 0 Å².